The maximum Gasteiger partial charge on any atom is 0.254 e. The van der Waals surface area contributed by atoms with Crippen LogP contribution in [0.1, 0.15) is 60.5 Å². The summed E-state index contributed by atoms with van der Waals surface area (Å²) in [6.45, 7) is 4.85. The molecule has 27 heavy (non-hydrogen) atoms. The largest absolute Gasteiger partial charge is 0.361 e. The lowest BCUT2D eigenvalue weighted by Crippen LogP contribution is -2.30. The monoisotopic (exact) mass is 366 g/mol. The summed E-state index contributed by atoms with van der Waals surface area (Å²) >= 11 is 0. The van der Waals surface area contributed by atoms with Crippen LogP contribution in [0.4, 0.5) is 0 Å². The second-order valence-corrected chi connectivity index (χ2v) is 7.15. The number of carbonyl (C=O) groups excluding carboxylic acids is 1. The number of hydrogen-bond donors (Lipinski definition) is 0. The summed E-state index contributed by atoms with van der Waals surface area (Å²) in [6, 6.07) is 9.27. The van der Waals surface area contributed by atoms with Crippen molar-refractivity contribution in [2.24, 2.45) is 7.05 Å². The Bertz CT molecular complexity index is 943. The first-order valence-electron chi connectivity index (χ1n) is 9.15. The minimum Gasteiger partial charge on any atom is -0.361 e. The number of carbonyl (C=O) groups is 1. The van der Waals surface area contributed by atoms with Crippen molar-refractivity contribution in [3.63, 3.8) is 0 Å². The molecular formula is C19H22N6O2. The van der Waals surface area contributed by atoms with Gasteiger partial charge in [-0.15, -0.1) is 10.2 Å². The van der Waals surface area contributed by atoms with E-state index in [1.165, 1.54) is 4.80 Å². The second-order valence-electron chi connectivity index (χ2n) is 7.15. The van der Waals surface area contributed by atoms with E-state index in [1.54, 1.807) is 7.05 Å². The van der Waals surface area contributed by atoms with E-state index in [9.17, 15) is 4.79 Å². The van der Waals surface area contributed by atoms with Gasteiger partial charge in [0, 0.05) is 29.7 Å². The van der Waals surface area contributed by atoms with Crippen LogP contribution < -0.4 is 0 Å². The van der Waals surface area contributed by atoms with E-state index < -0.39 is 0 Å². The van der Waals surface area contributed by atoms with E-state index in [4.69, 9.17) is 4.52 Å². The van der Waals surface area contributed by atoms with Crippen LogP contribution in [-0.4, -0.2) is 42.7 Å². The van der Waals surface area contributed by atoms with Crippen molar-refractivity contribution in [1.29, 1.82) is 0 Å². The molecule has 0 bridgehead atoms. The third kappa shape index (κ3) is 3.34. The standard InChI is InChI=1S/C19H22N6O2/c1-12(2)17-11-15(22-27-17)16-5-4-10-25(16)19(26)14-8-6-13(7-9-14)18-20-23-24(3)21-18/h6-9,11-12,16H,4-5,10H2,1-3H3/t16-/m0/s1. The number of tetrazole rings is 1. The SMILES string of the molecule is CC(C)c1cc([C@@H]2CCCN2C(=O)c2ccc(-c3nnn(C)n3)cc2)no1. The first-order chi connectivity index (χ1) is 13.0. The van der Waals surface area contributed by atoms with Gasteiger partial charge in [-0.25, -0.2) is 0 Å². The Hall–Kier alpha value is -3.03. The number of aryl methyl sites for hydroxylation is 1. The molecule has 3 aromatic rings. The third-order valence-electron chi connectivity index (χ3n) is 4.87. The predicted molar refractivity (Wildman–Crippen MR) is 97.8 cm³/mol. The van der Waals surface area contributed by atoms with Crippen LogP contribution in [0.15, 0.2) is 34.9 Å². The van der Waals surface area contributed by atoms with E-state index in [-0.39, 0.29) is 17.9 Å². The van der Waals surface area contributed by atoms with Gasteiger partial charge in [0.2, 0.25) is 5.82 Å². The van der Waals surface area contributed by atoms with Crippen molar-refractivity contribution in [3.8, 4) is 11.4 Å². The molecule has 1 fully saturated rings. The number of aromatic nitrogens is 5. The van der Waals surface area contributed by atoms with E-state index >= 15 is 0 Å². The van der Waals surface area contributed by atoms with Gasteiger partial charge in [0.25, 0.3) is 5.91 Å². The quantitative estimate of drug-likeness (QED) is 0.705. The van der Waals surface area contributed by atoms with Crippen LogP contribution >= 0.6 is 0 Å². The molecule has 0 aliphatic carbocycles. The zero-order valence-corrected chi connectivity index (χ0v) is 15.7. The summed E-state index contributed by atoms with van der Waals surface area (Å²) < 4.78 is 5.43. The van der Waals surface area contributed by atoms with Gasteiger partial charge < -0.3 is 9.42 Å². The van der Waals surface area contributed by atoms with Crippen molar-refractivity contribution in [3.05, 3.63) is 47.3 Å². The van der Waals surface area contributed by atoms with Crippen LogP contribution in [0.3, 0.4) is 0 Å². The highest BCUT2D eigenvalue weighted by molar-refractivity contribution is 5.95. The molecule has 8 heteroatoms. The van der Waals surface area contributed by atoms with Crippen molar-refractivity contribution in [1.82, 2.24) is 30.3 Å². The number of benzene rings is 1. The molecule has 0 saturated carbocycles. The molecule has 0 radical (unpaired) electrons. The molecule has 3 heterocycles. The van der Waals surface area contributed by atoms with Crippen molar-refractivity contribution in [2.45, 2.75) is 38.6 Å². The van der Waals surface area contributed by atoms with E-state index in [1.807, 2.05) is 35.2 Å². The van der Waals surface area contributed by atoms with Gasteiger partial charge in [0.15, 0.2) is 0 Å². The van der Waals surface area contributed by atoms with E-state index in [0.29, 0.717) is 11.4 Å². The van der Waals surface area contributed by atoms with Crippen molar-refractivity contribution >= 4 is 5.91 Å². The fourth-order valence-electron chi connectivity index (χ4n) is 3.38. The zero-order chi connectivity index (χ0) is 19.0. The Balaban J connectivity index is 1.54. The lowest BCUT2D eigenvalue weighted by molar-refractivity contribution is 0.0731. The lowest BCUT2D eigenvalue weighted by atomic mass is 10.1. The summed E-state index contributed by atoms with van der Waals surface area (Å²) in [5.74, 6) is 1.67. The third-order valence-corrected chi connectivity index (χ3v) is 4.87. The van der Waals surface area contributed by atoms with Gasteiger partial charge in [-0.2, -0.15) is 4.80 Å². The highest BCUT2D eigenvalue weighted by Gasteiger charge is 2.33. The topological polar surface area (TPSA) is 89.9 Å². The van der Waals surface area contributed by atoms with Crippen LogP contribution in [-0.2, 0) is 7.05 Å². The Kier molecular flexibility index (Phi) is 4.47. The first kappa shape index (κ1) is 17.4. The van der Waals surface area contributed by atoms with Crippen LogP contribution in [0.25, 0.3) is 11.4 Å². The Labute approximate surface area is 157 Å². The normalized spacial score (nSPS) is 17.0. The van der Waals surface area contributed by atoms with Gasteiger partial charge >= 0.3 is 0 Å². The minimum atomic E-state index is -0.0323. The summed E-state index contributed by atoms with van der Waals surface area (Å²) in [7, 11) is 1.72. The molecule has 1 aliphatic heterocycles. The highest BCUT2D eigenvalue weighted by Crippen LogP contribution is 2.34. The molecule has 1 saturated heterocycles. The molecule has 1 atom stereocenters. The molecule has 1 aliphatic rings. The molecule has 0 spiro atoms. The molecule has 0 N–H and O–H groups in total. The van der Waals surface area contributed by atoms with E-state index in [2.05, 4.69) is 34.4 Å². The average molecular weight is 366 g/mol. The fourth-order valence-corrected chi connectivity index (χ4v) is 3.38. The fraction of sp³-hybridized carbons (Fsp3) is 0.421. The van der Waals surface area contributed by atoms with E-state index in [0.717, 1.165) is 36.4 Å². The lowest BCUT2D eigenvalue weighted by Gasteiger charge is -2.23. The smallest absolute Gasteiger partial charge is 0.254 e. The van der Waals surface area contributed by atoms with Gasteiger partial charge in [-0.1, -0.05) is 31.1 Å². The number of amides is 1. The van der Waals surface area contributed by atoms with Crippen LogP contribution in [0.5, 0.6) is 0 Å². The second kappa shape index (κ2) is 6.94. The summed E-state index contributed by atoms with van der Waals surface area (Å²) in [6.07, 6.45) is 1.86. The first-order valence-corrected chi connectivity index (χ1v) is 9.15. The Morgan fingerprint density at radius 1 is 1.26 bits per heavy atom. The molecular weight excluding hydrogens is 344 g/mol. The minimum absolute atomic E-state index is 0.00486. The maximum absolute atomic E-state index is 13.0. The Morgan fingerprint density at radius 2 is 2.04 bits per heavy atom. The molecule has 8 nitrogen and oxygen atoms in total. The van der Waals surface area contributed by atoms with Crippen LogP contribution in [0, 0.1) is 0 Å². The Morgan fingerprint density at radius 3 is 2.67 bits per heavy atom. The zero-order valence-electron chi connectivity index (χ0n) is 15.7. The number of nitrogens with zero attached hydrogens (tertiary/aromatic N) is 6. The number of hydrogen-bond acceptors (Lipinski definition) is 6. The summed E-state index contributed by atoms with van der Waals surface area (Å²) in [5, 5.41) is 16.2. The van der Waals surface area contributed by atoms with Gasteiger partial charge in [-0.05, 0) is 30.2 Å². The number of likely N-dealkylation sites (tertiary alicyclic amines) is 1. The number of rotatable bonds is 4. The van der Waals surface area contributed by atoms with Gasteiger partial charge in [0.1, 0.15) is 11.5 Å². The van der Waals surface area contributed by atoms with Crippen LogP contribution in [0.2, 0.25) is 0 Å². The average Bonchev–Trinajstić information content (AvgIpc) is 3.40. The summed E-state index contributed by atoms with van der Waals surface area (Å²) in [5.41, 5.74) is 2.31. The molecule has 4 rings (SSSR count). The van der Waals surface area contributed by atoms with Gasteiger partial charge in [-0.3, -0.25) is 4.79 Å². The maximum atomic E-state index is 13.0. The highest BCUT2D eigenvalue weighted by atomic mass is 16.5. The van der Waals surface area contributed by atoms with Gasteiger partial charge in [0.05, 0.1) is 13.1 Å². The summed E-state index contributed by atoms with van der Waals surface area (Å²) in [4.78, 5) is 16.3. The van der Waals surface area contributed by atoms with Crippen molar-refractivity contribution in [2.75, 3.05) is 6.54 Å². The predicted octanol–water partition coefficient (Wildman–Crippen LogP) is 2.97. The molecule has 1 amide bonds. The molecule has 0 unspecified atom stereocenters. The molecule has 1 aromatic carbocycles. The molecule has 140 valence electrons. The van der Waals surface area contributed by atoms with Crippen molar-refractivity contribution < 1.29 is 9.32 Å². The molecule has 2 aromatic heterocycles.